The summed E-state index contributed by atoms with van der Waals surface area (Å²) in [5.74, 6) is 2.51. The lowest BCUT2D eigenvalue weighted by molar-refractivity contribution is 0.482. The Balaban J connectivity index is 1.09. The maximum Gasteiger partial charge on any atom is 0.137 e. The Labute approximate surface area is 387 Å². The number of ether oxygens (including phenoxy) is 2. The Morgan fingerprint density at radius 2 is 1.18 bits per heavy atom. The number of aromatic nitrogens is 2. The molecule has 15 rings (SSSR count). The van der Waals surface area contributed by atoms with Crippen LogP contribution in [-0.2, 0) is 5.41 Å². The highest BCUT2D eigenvalue weighted by molar-refractivity contribution is 6.10. The lowest BCUT2D eigenvalue weighted by atomic mass is 9.86. The summed E-state index contributed by atoms with van der Waals surface area (Å²) in [6, 6.07) is 55.8. The van der Waals surface area contributed by atoms with E-state index < -0.39 is 12.3 Å². The van der Waals surface area contributed by atoms with Crippen molar-refractivity contribution in [2.45, 2.75) is 33.0 Å². The number of para-hydroxylation sites is 3. The van der Waals surface area contributed by atoms with Crippen molar-refractivity contribution in [3.8, 4) is 62.2 Å². The van der Waals surface area contributed by atoms with Gasteiger partial charge in [0.05, 0.1) is 32.2 Å². The number of hydrogen-bond acceptors (Lipinski definition) is 5. The molecular weight excluding hydrogens is 797 g/mol. The molecule has 6 heteroatoms. The highest BCUT2D eigenvalue weighted by atomic mass is 16.5. The van der Waals surface area contributed by atoms with Gasteiger partial charge in [-0.2, -0.15) is 0 Å². The van der Waals surface area contributed by atoms with E-state index in [9.17, 15) is 4.11 Å². The fraction of sp³-hybridized carbons (Fsp3) is 0.102. The van der Waals surface area contributed by atoms with Gasteiger partial charge in [-0.05, 0) is 119 Å². The molecule has 12 bridgehead atoms. The summed E-state index contributed by atoms with van der Waals surface area (Å²) in [4.78, 5) is 9.58. The Hall–Kier alpha value is -8.09. The second-order valence-corrected chi connectivity index (χ2v) is 17.6. The monoisotopic (exact) mass is 848 g/mol. The van der Waals surface area contributed by atoms with Crippen molar-refractivity contribution in [2.24, 2.45) is 0 Å². The number of fused-ring (bicyclic) bond motifs is 6. The smallest absolute Gasteiger partial charge is 0.137 e. The second kappa shape index (κ2) is 15.0. The molecule has 0 saturated carbocycles. The van der Waals surface area contributed by atoms with E-state index in [0.29, 0.717) is 62.6 Å². The average molecular weight is 849 g/mol. The van der Waals surface area contributed by atoms with Crippen LogP contribution < -0.4 is 19.3 Å². The number of pyridine rings is 1. The molecule has 8 aromatic carbocycles. The van der Waals surface area contributed by atoms with Crippen LogP contribution in [0.4, 0.5) is 22.7 Å². The Morgan fingerprint density at radius 3 is 1.91 bits per heavy atom. The van der Waals surface area contributed by atoms with Crippen molar-refractivity contribution in [3.05, 3.63) is 205 Å². The second-order valence-electron chi connectivity index (χ2n) is 17.6. The number of hydrogen-bond donors (Lipinski definition) is 0. The minimum atomic E-state index is -2.57. The van der Waals surface area contributed by atoms with E-state index in [2.05, 4.69) is 94.7 Å². The SMILES string of the molecule is [2H]c1c(C(C)(C)C)c([2H])c2c3ccc4cc3n(c2c1[2H])-c1cc(C([2H])([2H])[2H])c(cn1)-c1ccc(cc1)Oc1ccc(cc1)-c1cccc(-c2ccccc2)c1N1CN(c2cccc(c2)O4)c2ccccc21. The summed E-state index contributed by atoms with van der Waals surface area (Å²) in [6.07, 6.45) is 1.55. The first-order chi connectivity index (χ1) is 34.2. The number of anilines is 4. The van der Waals surface area contributed by atoms with E-state index in [1.807, 2.05) is 99.6 Å². The zero-order valence-electron chi connectivity index (χ0n) is 42.1. The number of benzene rings is 8. The van der Waals surface area contributed by atoms with Gasteiger partial charge >= 0.3 is 0 Å². The summed E-state index contributed by atoms with van der Waals surface area (Å²) >= 11 is 0. The van der Waals surface area contributed by atoms with E-state index in [1.54, 1.807) is 10.8 Å². The minimum Gasteiger partial charge on any atom is -0.457 e. The summed E-state index contributed by atoms with van der Waals surface area (Å²) in [7, 11) is 0. The summed E-state index contributed by atoms with van der Waals surface area (Å²) in [6.45, 7) is 3.76. The fourth-order valence-electron chi connectivity index (χ4n) is 9.20. The molecule has 6 nitrogen and oxygen atoms in total. The van der Waals surface area contributed by atoms with E-state index in [-0.39, 0.29) is 35.0 Å². The number of aryl methyl sites for hydroxylation is 1. The van der Waals surface area contributed by atoms with Crippen molar-refractivity contribution in [2.75, 3.05) is 16.5 Å². The van der Waals surface area contributed by atoms with Gasteiger partial charge in [-0.15, -0.1) is 0 Å². The average Bonchev–Trinajstić information content (AvgIpc) is 3.92. The molecule has 0 saturated heterocycles. The van der Waals surface area contributed by atoms with Crippen LogP contribution in [0.2, 0.25) is 0 Å². The molecule has 0 atom stereocenters. The van der Waals surface area contributed by atoms with Crippen molar-refractivity contribution in [1.82, 2.24) is 9.55 Å². The first-order valence-electron chi connectivity index (χ1n) is 24.8. The fourth-order valence-corrected chi connectivity index (χ4v) is 9.20. The highest BCUT2D eigenvalue weighted by Gasteiger charge is 2.31. The summed E-state index contributed by atoms with van der Waals surface area (Å²) in [5, 5.41) is 1.12. The third-order valence-corrected chi connectivity index (χ3v) is 12.4. The van der Waals surface area contributed by atoms with Crippen LogP contribution in [0.5, 0.6) is 23.0 Å². The zero-order chi connectivity index (χ0) is 48.9. The molecule has 314 valence electrons. The highest BCUT2D eigenvalue weighted by Crippen LogP contribution is 2.50. The molecule has 7 heterocycles. The maximum atomic E-state index is 9.61. The molecule has 2 aromatic heterocycles. The van der Waals surface area contributed by atoms with Gasteiger partial charge in [0.25, 0.3) is 0 Å². The lowest BCUT2D eigenvalue weighted by Crippen LogP contribution is -2.24. The molecule has 0 unspecified atom stereocenters. The number of rotatable bonds is 1. The van der Waals surface area contributed by atoms with Gasteiger partial charge < -0.3 is 19.3 Å². The van der Waals surface area contributed by atoms with Gasteiger partial charge in [-0.3, -0.25) is 4.57 Å². The molecule has 0 aliphatic carbocycles. The van der Waals surface area contributed by atoms with E-state index in [0.717, 1.165) is 45.0 Å². The quantitative estimate of drug-likeness (QED) is 0.165. The normalized spacial score (nSPS) is 14.6. The maximum absolute atomic E-state index is 9.61. The minimum absolute atomic E-state index is 0.0557. The third-order valence-electron chi connectivity index (χ3n) is 12.4. The molecular formula is C59H46N4O2. The molecule has 0 fully saturated rings. The van der Waals surface area contributed by atoms with Crippen LogP contribution >= 0.6 is 0 Å². The number of nitrogens with zero attached hydrogens (tertiary/aromatic N) is 4. The Morgan fingerprint density at radius 1 is 0.554 bits per heavy atom. The van der Waals surface area contributed by atoms with Crippen molar-refractivity contribution in [1.29, 1.82) is 0 Å². The van der Waals surface area contributed by atoms with Gasteiger partial charge in [0, 0.05) is 55.6 Å². The first kappa shape index (κ1) is 32.6. The third kappa shape index (κ3) is 6.68. The molecule has 0 amide bonds. The van der Waals surface area contributed by atoms with Gasteiger partial charge in [0.15, 0.2) is 0 Å². The standard InChI is InChI=1S/C59H46N4O2/c1-38-32-57-60-36-52(38)41-22-27-45(28-23-41)64-44-25-20-40(21-26-44)49-17-11-16-48(39-12-6-5-7-13-39)58(49)62-37-61(54-18-8-9-19-55(54)62)43-14-10-15-46(34-43)65-47-29-30-50-51-33-42(59(2,3)4)24-31-53(51)63(57)56(50)35-47/h5-36H,37H2,1-4H3/i1D3,24D,31D,33D. The predicted molar refractivity (Wildman–Crippen MR) is 267 cm³/mol. The van der Waals surface area contributed by atoms with Crippen LogP contribution in [0.25, 0.3) is 61.0 Å². The Bertz CT molecular complexity index is 3750. The molecule has 0 spiro atoms. The van der Waals surface area contributed by atoms with Crippen LogP contribution in [0, 0.1) is 6.85 Å². The van der Waals surface area contributed by atoms with Crippen LogP contribution in [0.15, 0.2) is 194 Å². The molecule has 5 aliphatic heterocycles. The molecule has 65 heavy (non-hydrogen) atoms. The van der Waals surface area contributed by atoms with E-state index in [1.165, 1.54) is 6.07 Å². The molecule has 0 radical (unpaired) electrons. The van der Waals surface area contributed by atoms with Crippen molar-refractivity contribution >= 4 is 44.6 Å². The van der Waals surface area contributed by atoms with Gasteiger partial charge in [0.1, 0.15) is 35.5 Å². The zero-order valence-corrected chi connectivity index (χ0v) is 36.1. The van der Waals surface area contributed by atoms with Crippen LogP contribution in [0.3, 0.4) is 0 Å². The molecule has 0 N–H and O–H groups in total. The Kier molecular flexibility index (Phi) is 7.53. The van der Waals surface area contributed by atoms with Gasteiger partial charge in [0.2, 0.25) is 0 Å². The van der Waals surface area contributed by atoms with Crippen molar-refractivity contribution in [3.63, 3.8) is 0 Å². The summed E-state index contributed by atoms with van der Waals surface area (Å²) in [5.41, 5.74) is 10.1. The first-order valence-corrected chi connectivity index (χ1v) is 21.8. The summed E-state index contributed by atoms with van der Waals surface area (Å²) < 4.78 is 69.6. The van der Waals surface area contributed by atoms with E-state index >= 15 is 0 Å². The van der Waals surface area contributed by atoms with Gasteiger partial charge in [-0.25, -0.2) is 4.98 Å². The van der Waals surface area contributed by atoms with Gasteiger partial charge in [-0.1, -0.05) is 118 Å². The largest absolute Gasteiger partial charge is 0.457 e. The molecule has 10 aromatic rings. The van der Waals surface area contributed by atoms with Crippen LogP contribution in [-0.4, -0.2) is 16.2 Å². The van der Waals surface area contributed by atoms with Crippen molar-refractivity contribution < 1.29 is 17.7 Å². The molecule has 5 aliphatic rings. The van der Waals surface area contributed by atoms with E-state index in [4.69, 9.17) is 18.6 Å². The predicted octanol–water partition coefficient (Wildman–Crippen LogP) is 15.9. The lowest BCUT2D eigenvalue weighted by Gasteiger charge is -2.27. The topological polar surface area (TPSA) is 42.8 Å². The van der Waals surface area contributed by atoms with Crippen LogP contribution in [0.1, 0.15) is 40.1 Å².